The van der Waals surface area contributed by atoms with Gasteiger partial charge in [-0.2, -0.15) is 0 Å². The average Bonchev–Trinajstić information content (AvgIpc) is 3.32. The van der Waals surface area contributed by atoms with Gasteiger partial charge >= 0.3 is 0 Å². The molecular weight excluding hydrogens is 312 g/mol. The minimum absolute atomic E-state index is 0.613. The molecule has 2 aromatic carbocycles. The van der Waals surface area contributed by atoms with Gasteiger partial charge in [0, 0.05) is 5.92 Å². The molecule has 0 fully saturated rings. The van der Waals surface area contributed by atoms with Crippen LogP contribution in [-0.4, -0.2) is 0 Å². The quantitative estimate of drug-likeness (QED) is 0.606. The van der Waals surface area contributed by atoms with E-state index >= 15 is 0 Å². The molecule has 4 aliphatic carbocycles. The fourth-order valence-electron chi connectivity index (χ4n) is 5.65. The van der Waals surface area contributed by atoms with Crippen LogP contribution in [0.5, 0.6) is 0 Å². The number of hydrogen-bond donors (Lipinski definition) is 0. The summed E-state index contributed by atoms with van der Waals surface area (Å²) in [5.41, 5.74) is 15.3. The van der Waals surface area contributed by atoms with Gasteiger partial charge in [-0.3, -0.25) is 0 Å². The van der Waals surface area contributed by atoms with Crippen LogP contribution in [0.4, 0.5) is 0 Å². The van der Waals surface area contributed by atoms with Gasteiger partial charge in [0.25, 0.3) is 0 Å². The first-order valence-corrected chi connectivity index (χ1v) is 10.2. The lowest BCUT2D eigenvalue weighted by Crippen LogP contribution is -2.19. The summed E-state index contributed by atoms with van der Waals surface area (Å²) in [6.45, 7) is 4.09. The summed E-state index contributed by atoms with van der Waals surface area (Å²) in [6.07, 6.45) is 15.7. The van der Waals surface area contributed by atoms with Gasteiger partial charge in [-0.1, -0.05) is 49.1 Å². The van der Waals surface area contributed by atoms with E-state index in [2.05, 4.69) is 49.1 Å². The molecular formula is C26H24. The van der Waals surface area contributed by atoms with Crippen LogP contribution >= 0.6 is 0 Å². The van der Waals surface area contributed by atoms with Crippen molar-refractivity contribution in [2.45, 2.75) is 50.9 Å². The predicted molar refractivity (Wildman–Crippen MR) is 110 cm³/mol. The third kappa shape index (κ3) is 1.96. The Labute approximate surface area is 156 Å². The first-order valence-electron chi connectivity index (χ1n) is 10.2. The minimum atomic E-state index is 0.613. The first kappa shape index (κ1) is 14.8. The minimum Gasteiger partial charge on any atom is -0.0984 e. The summed E-state index contributed by atoms with van der Waals surface area (Å²) in [5, 5.41) is 0. The van der Waals surface area contributed by atoms with E-state index in [0.717, 1.165) is 6.42 Å². The normalized spacial score (nSPS) is 21.8. The summed E-state index contributed by atoms with van der Waals surface area (Å²) < 4.78 is 0. The van der Waals surface area contributed by atoms with Crippen LogP contribution in [0.1, 0.15) is 69.7 Å². The molecule has 0 heteroatoms. The molecule has 0 spiro atoms. The Kier molecular flexibility index (Phi) is 3.03. The van der Waals surface area contributed by atoms with Gasteiger partial charge in [0.15, 0.2) is 0 Å². The highest BCUT2D eigenvalue weighted by atomic mass is 14.4. The second kappa shape index (κ2) is 5.33. The van der Waals surface area contributed by atoms with Gasteiger partial charge in [0.2, 0.25) is 0 Å². The molecule has 1 unspecified atom stereocenters. The molecule has 0 aliphatic heterocycles. The molecule has 2 aromatic rings. The molecule has 0 nitrogen and oxygen atoms in total. The number of fused-ring (bicyclic) bond motifs is 6. The smallest absolute Gasteiger partial charge is 0.0142 e. The standard InChI is InChI=1S/C26H24/c1-2-16-11-17-5-3-6-18(17)12-23(16)21-9-10-22-24-13-19-7-4-8-20(19)14-26(24)25(22)15-21/h2,9-14,25H,1,3-8,15H2. The topological polar surface area (TPSA) is 0 Å². The van der Waals surface area contributed by atoms with Crippen molar-refractivity contribution in [1.29, 1.82) is 0 Å². The molecule has 0 N–H and O–H groups in total. The van der Waals surface area contributed by atoms with Crippen LogP contribution in [0.3, 0.4) is 0 Å². The second-order valence-electron chi connectivity index (χ2n) is 8.40. The first-order chi connectivity index (χ1) is 12.8. The Bertz CT molecular complexity index is 1030. The Balaban J connectivity index is 1.42. The van der Waals surface area contributed by atoms with Crippen molar-refractivity contribution in [3.8, 4) is 0 Å². The Morgan fingerprint density at radius 2 is 1.42 bits per heavy atom. The lowest BCUT2D eigenvalue weighted by atomic mass is 9.66. The van der Waals surface area contributed by atoms with E-state index in [-0.39, 0.29) is 0 Å². The summed E-state index contributed by atoms with van der Waals surface area (Å²) in [7, 11) is 0. The summed E-state index contributed by atoms with van der Waals surface area (Å²) in [5.74, 6) is 0.613. The molecule has 0 amide bonds. The molecule has 0 saturated carbocycles. The molecule has 0 bridgehead atoms. The van der Waals surface area contributed by atoms with Crippen molar-refractivity contribution < 1.29 is 0 Å². The van der Waals surface area contributed by atoms with Crippen molar-refractivity contribution in [2.75, 3.05) is 0 Å². The van der Waals surface area contributed by atoms with Crippen molar-refractivity contribution >= 4 is 17.2 Å². The van der Waals surface area contributed by atoms with Crippen molar-refractivity contribution in [2.24, 2.45) is 0 Å². The van der Waals surface area contributed by atoms with Gasteiger partial charge in [-0.05, 0) is 101 Å². The van der Waals surface area contributed by atoms with Crippen molar-refractivity contribution in [3.05, 3.63) is 87.5 Å². The fourth-order valence-corrected chi connectivity index (χ4v) is 5.65. The number of hydrogen-bond acceptors (Lipinski definition) is 0. The maximum Gasteiger partial charge on any atom is 0.0142 e. The molecule has 0 aromatic heterocycles. The van der Waals surface area contributed by atoms with E-state index in [1.807, 2.05) is 0 Å². The number of aryl methyl sites for hydroxylation is 4. The third-order valence-corrected chi connectivity index (χ3v) is 7.04. The molecule has 1 atom stereocenters. The third-order valence-electron chi connectivity index (χ3n) is 7.04. The van der Waals surface area contributed by atoms with Crippen molar-refractivity contribution in [3.63, 3.8) is 0 Å². The maximum absolute atomic E-state index is 4.09. The summed E-state index contributed by atoms with van der Waals surface area (Å²) in [6, 6.07) is 9.88. The lowest BCUT2D eigenvalue weighted by molar-refractivity contribution is 0.828. The van der Waals surface area contributed by atoms with Gasteiger partial charge in [-0.25, -0.2) is 0 Å². The van der Waals surface area contributed by atoms with E-state index in [9.17, 15) is 0 Å². The van der Waals surface area contributed by atoms with Gasteiger partial charge in [0.05, 0.1) is 0 Å². The molecule has 26 heavy (non-hydrogen) atoms. The molecule has 4 aliphatic rings. The van der Waals surface area contributed by atoms with E-state index in [1.54, 1.807) is 33.4 Å². The number of rotatable bonds is 2. The predicted octanol–water partition coefficient (Wildman–Crippen LogP) is 6.27. The SMILES string of the molecule is C=Cc1cc2c(cc1C1=CC=C3c4cc5c(cc4C3C1)CCC5)CCC2. The molecule has 0 saturated heterocycles. The van der Waals surface area contributed by atoms with Crippen molar-refractivity contribution in [1.82, 2.24) is 0 Å². The summed E-state index contributed by atoms with van der Waals surface area (Å²) in [4.78, 5) is 0. The highest BCUT2D eigenvalue weighted by Gasteiger charge is 2.36. The van der Waals surface area contributed by atoms with Crippen LogP contribution in [-0.2, 0) is 25.7 Å². The summed E-state index contributed by atoms with van der Waals surface area (Å²) >= 11 is 0. The van der Waals surface area contributed by atoms with Crippen LogP contribution in [0.15, 0.2) is 43.0 Å². The number of allylic oxidation sites excluding steroid dienone is 4. The zero-order chi connectivity index (χ0) is 17.3. The maximum atomic E-state index is 4.09. The lowest BCUT2D eigenvalue weighted by Gasteiger charge is -2.38. The zero-order valence-corrected chi connectivity index (χ0v) is 15.3. The van der Waals surface area contributed by atoms with E-state index in [4.69, 9.17) is 0 Å². The monoisotopic (exact) mass is 336 g/mol. The molecule has 6 rings (SSSR count). The van der Waals surface area contributed by atoms with Gasteiger partial charge < -0.3 is 0 Å². The largest absolute Gasteiger partial charge is 0.0984 e. The van der Waals surface area contributed by atoms with Crippen LogP contribution in [0.25, 0.3) is 17.2 Å². The van der Waals surface area contributed by atoms with Crippen LogP contribution in [0.2, 0.25) is 0 Å². The van der Waals surface area contributed by atoms with E-state index in [1.165, 1.54) is 60.8 Å². The Morgan fingerprint density at radius 3 is 2.15 bits per heavy atom. The molecule has 0 radical (unpaired) electrons. The van der Waals surface area contributed by atoms with Gasteiger partial charge in [-0.15, -0.1) is 0 Å². The van der Waals surface area contributed by atoms with Crippen LogP contribution < -0.4 is 0 Å². The van der Waals surface area contributed by atoms with E-state index < -0.39 is 0 Å². The Morgan fingerprint density at radius 1 is 0.769 bits per heavy atom. The van der Waals surface area contributed by atoms with Gasteiger partial charge in [0.1, 0.15) is 0 Å². The molecule has 0 heterocycles. The fraction of sp³-hybridized carbons (Fsp3) is 0.308. The Hall–Kier alpha value is -2.34. The molecule has 128 valence electrons. The van der Waals surface area contributed by atoms with E-state index in [0.29, 0.717) is 5.92 Å². The van der Waals surface area contributed by atoms with Crippen LogP contribution in [0, 0.1) is 0 Å². The number of benzene rings is 2. The second-order valence-corrected chi connectivity index (χ2v) is 8.40. The zero-order valence-electron chi connectivity index (χ0n) is 15.3. The highest BCUT2D eigenvalue weighted by molar-refractivity contribution is 5.92. The highest BCUT2D eigenvalue weighted by Crippen LogP contribution is 2.54. The average molecular weight is 336 g/mol.